The summed E-state index contributed by atoms with van der Waals surface area (Å²) >= 11 is 0. The number of rotatable bonds is 6. The predicted octanol–water partition coefficient (Wildman–Crippen LogP) is 2.59. The Balaban J connectivity index is 1.39. The van der Waals surface area contributed by atoms with Gasteiger partial charge in [0.1, 0.15) is 25.6 Å². The minimum absolute atomic E-state index is 0.0681. The van der Waals surface area contributed by atoms with E-state index in [1.54, 1.807) is 23.3 Å². The van der Waals surface area contributed by atoms with Gasteiger partial charge < -0.3 is 14.8 Å². The molecule has 33 heavy (non-hydrogen) atoms. The molecule has 2 aliphatic heterocycles. The maximum atomic E-state index is 13.5. The second-order valence-electron chi connectivity index (χ2n) is 8.40. The molecule has 1 N–H and O–H groups in total. The van der Waals surface area contributed by atoms with Gasteiger partial charge >= 0.3 is 0 Å². The van der Waals surface area contributed by atoms with Crippen LogP contribution in [0.3, 0.4) is 0 Å². The van der Waals surface area contributed by atoms with Crippen molar-refractivity contribution < 1.29 is 14.3 Å². The van der Waals surface area contributed by atoms with Crippen LogP contribution in [0, 0.1) is 6.92 Å². The number of amides is 1. The number of nitrogens with zero attached hydrogens (tertiary/aromatic N) is 5. The van der Waals surface area contributed by atoms with Gasteiger partial charge in [0.15, 0.2) is 11.5 Å². The molecule has 9 nitrogen and oxygen atoms in total. The summed E-state index contributed by atoms with van der Waals surface area (Å²) in [7, 11) is 0. The first-order valence-corrected chi connectivity index (χ1v) is 11.4. The summed E-state index contributed by atoms with van der Waals surface area (Å²) in [5.74, 6) is 1.91. The summed E-state index contributed by atoms with van der Waals surface area (Å²) in [5.41, 5.74) is 2.47. The first-order valence-electron chi connectivity index (χ1n) is 11.4. The molecule has 1 atom stereocenters. The summed E-state index contributed by atoms with van der Waals surface area (Å²) in [6, 6.07) is 7.20. The summed E-state index contributed by atoms with van der Waals surface area (Å²) in [5, 5.41) is 3.12. The number of benzene rings is 1. The van der Waals surface area contributed by atoms with Gasteiger partial charge in [-0.15, -0.1) is 0 Å². The number of imidazole rings is 1. The average Bonchev–Trinajstić information content (AvgIpc) is 3.38. The number of fused-ring (bicyclic) bond motifs is 1. The minimum atomic E-state index is -0.480. The fourth-order valence-corrected chi connectivity index (χ4v) is 4.36. The van der Waals surface area contributed by atoms with Gasteiger partial charge in [0.25, 0.3) is 0 Å². The van der Waals surface area contributed by atoms with E-state index >= 15 is 0 Å². The van der Waals surface area contributed by atoms with Crippen molar-refractivity contribution in [3.8, 4) is 17.4 Å². The lowest BCUT2D eigenvalue weighted by Crippen LogP contribution is -2.43. The molecule has 9 heteroatoms. The van der Waals surface area contributed by atoms with Crippen molar-refractivity contribution in [2.24, 2.45) is 0 Å². The Hall–Kier alpha value is -3.46. The van der Waals surface area contributed by atoms with Crippen LogP contribution in [0.4, 0.5) is 0 Å². The van der Waals surface area contributed by atoms with Gasteiger partial charge in [-0.2, -0.15) is 0 Å². The minimum Gasteiger partial charge on any atom is -0.486 e. The van der Waals surface area contributed by atoms with Crippen molar-refractivity contribution in [1.29, 1.82) is 0 Å². The van der Waals surface area contributed by atoms with Crippen LogP contribution in [0.25, 0.3) is 5.95 Å². The van der Waals surface area contributed by atoms with Crippen molar-refractivity contribution in [3.05, 3.63) is 59.9 Å². The van der Waals surface area contributed by atoms with Crippen molar-refractivity contribution in [2.45, 2.75) is 38.8 Å². The predicted molar refractivity (Wildman–Crippen MR) is 121 cm³/mol. The number of carbonyl (C=O) groups is 1. The molecule has 0 spiro atoms. The molecule has 1 saturated heterocycles. The van der Waals surface area contributed by atoms with E-state index < -0.39 is 6.04 Å². The third-order valence-electron chi connectivity index (χ3n) is 5.96. The molecule has 0 aliphatic carbocycles. The first kappa shape index (κ1) is 21.4. The van der Waals surface area contributed by atoms with Crippen LogP contribution in [0.15, 0.2) is 43.0 Å². The Bertz CT molecular complexity index is 1110. The molecule has 172 valence electrons. The lowest BCUT2D eigenvalue weighted by Gasteiger charge is -2.33. The molecule has 0 bridgehead atoms. The zero-order valence-corrected chi connectivity index (χ0v) is 18.7. The van der Waals surface area contributed by atoms with E-state index in [-0.39, 0.29) is 5.91 Å². The van der Waals surface area contributed by atoms with Crippen molar-refractivity contribution in [1.82, 2.24) is 29.7 Å². The largest absolute Gasteiger partial charge is 0.486 e. The second-order valence-corrected chi connectivity index (χ2v) is 8.40. The number of carbonyl (C=O) groups excluding carboxylic acids is 1. The first-order chi connectivity index (χ1) is 16.2. The Morgan fingerprint density at radius 1 is 1.09 bits per heavy atom. The molecule has 0 radical (unpaired) electrons. The van der Waals surface area contributed by atoms with Crippen LogP contribution in [0.5, 0.6) is 11.5 Å². The second kappa shape index (κ2) is 9.58. The van der Waals surface area contributed by atoms with E-state index in [9.17, 15) is 4.79 Å². The standard InChI is InChI=1S/C24H28N6O3/c1-17-13-19(28-24(27-17)30-10-7-25-16-30)22(29-8-3-2-4-9-29)23(31)26-15-18-5-6-20-21(14-18)33-12-11-32-20/h5-7,10,13-14,16,22H,2-4,8-9,11-12,15H2,1H3,(H,26,31). The van der Waals surface area contributed by atoms with E-state index in [0.717, 1.165) is 48.7 Å². The quantitative estimate of drug-likeness (QED) is 0.619. The van der Waals surface area contributed by atoms with Gasteiger partial charge in [0.05, 0.1) is 5.69 Å². The number of ether oxygens (including phenoxy) is 2. The third-order valence-corrected chi connectivity index (χ3v) is 5.96. The summed E-state index contributed by atoms with van der Waals surface area (Å²) < 4.78 is 13.0. The number of aromatic nitrogens is 4. The third kappa shape index (κ3) is 4.83. The fourth-order valence-electron chi connectivity index (χ4n) is 4.36. The molecular weight excluding hydrogens is 420 g/mol. The highest BCUT2D eigenvalue weighted by atomic mass is 16.6. The molecule has 4 heterocycles. The van der Waals surface area contributed by atoms with Gasteiger partial charge in [-0.3, -0.25) is 14.3 Å². The summed E-state index contributed by atoms with van der Waals surface area (Å²) in [6.45, 7) is 5.15. The zero-order chi connectivity index (χ0) is 22.6. The number of aryl methyl sites for hydroxylation is 1. The zero-order valence-electron chi connectivity index (χ0n) is 18.7. The van der Waals surface area contributed by atoms with E-state index in [1.807, 2.05) is 31.2 Å². The molecule has 2 aromatic heterocycles. The highest BCUT2D eigenvalue weighted by molar-refractivity contribution is 5.82. The average molecular weight is 449 g/mol. The lowest BCUT2D eigenvalue weighted by atomic mass is 10.0. The van der Waals surface area contributed by atoms with E-state index in [4.69, 9.17) is 14.5 Å². The molecule has 5 rings (SSSR count). The van der Waals surface area contributed by atoms with E-state index in [2.05, 4.69) is 20.2 Å². The molecular formula is C24H28N6O3. The van der Waals surface area contributed by atoms with E-state index in [0.29, 0.717) is 31.4 Å². The number of likely N-dealkylation sites (tertiary alicyclic amines) is 1. The van der Waals surface area contributed by atoms with Crippen LogP contribution in [0.1, 0.15) is 42.3 Å². The van der Waals surface area contributed by atoms with Crippen LogP contribution in [0.2, 0.25) is 0 Å². The van der Waals surface area contributed by atoms with Crippen LogP contribution in [-0.2, 0) is 11.3 Å². The van der Waals surface area contributed by atoms with Gasteiger partial charge in [-0.05, 0) is 56.6 Å². The monoisotopic (exact) mass is 448 g/mol. The number of piperidine rings is 1. The summed E-state index contributed by atoms with van der Waals surface area (Å²) in [6.07, 6.45) is 8.49. The number of hydrogen-bond donors (Lipinski definition) is 1. The molecule has 2 aliphatic rings. The van der Waals surface area contributed by atoms with Crippen LogP contribution < -0.4 is 14.8 Å². The maximum absolute atomic E-state index is 13.5. The normalized spacial score (nSPS) is 16.9. The van der Waals surface area contributed by atoms with Crippen molar-refractivity contribution in [2.75, 3.05) is 26.3 Å². The van der Waals surface area contributed by atoms with Crippen molar-refractivity contribution >= 4 is 5.91 Å². The molecule has 1 unspecified atom stereocenters. The molecule has 3 aromatic rings. The number of nitrogens with one attached hydrogen (secondary N) is 1. The van der Waals surface area contributed by atoms with Gasteiger partial charge in [0.2, 0.25) is 11.9 Å². The Labute approximate surface area is 192 Å². The fraction of sp³-hybridized carbons (Fsp3) is 0.417. The van der Waals surface area contributed by atoms with Gasteiger partial charge in [0, 0.05) is 24.6 Å². The molecule has 1 aromatic carbocycles. The highest BCUT2D eigenvalue weighted by Gasteiger charge is 2.31. The highest BCUT2D eigenvalue weighted by Crippen LogP contribution is 2.31. The maximum Gasteiger partial charge on any atom is 0.243 e. The number of hydrogen-bond acceptors (Lipinski definition) is 7. The van der Waals surface area contributed by atoms with Crippen LogP contribution in [-0.4, -0.2) is 56.6 Å². The van der Waals surface area contributed by atoms with Crippen molar-refractivity contribution in [3.63, 3.8) is 0 Å². The SMILES string of the molecule is Cc1cc(C(C(=O)NCc2ccc3c(c2)OCCO3)N2CCCCC2)nc(-n2ccnc2)n1. The molecule has 1 amide bonds. The Kier molecular flexibility index (Phi) is 6.21. The topological polar surface area (TPSA) is 94.4 Å². The lowest BCUT2D eigenvalue weighted by molar-refractivity contribution is -0.127. The summed E-state index contributed by atoms with van der Waals surface area (Å²) in [4.78, 5) is 29.1. The van der Waals surface area contributed by atoms with Gasteiger partial charge in [-0.25, -0.2) is 15.0 Å². The Morgan fingerprint density at radius 2 is 1.91 bits per heavy atom. The van der Waals surface area contributed by atoms with Crippen LogP contribution >= 0.6 is 0 Å². The molecule has 0 saturated carbocycles. The van der Waals surface area contributed by atoms with Gasteiger partial charge in [-0.1, -0.05) is 12.5 Å². The Morgan fingerprint density at radius 3 is 2.70 bits per heavy atom. The molecule has 1 fully saturated rings. The van der Waals surface area contributed by atoms with E-state index in [1.165, 1.54) is 6.42 Å². The smallest absolute Gasteiger partial charge is 0.243 e.